The van der Waals surface area contributed by atoms with E-state index in [9.17, 15) is 0 Å². The van der Waals surface area contributed by atoms with Crippen molar-refractivity contribution in [2.45, 2.75) is 52.1 Å². The molecule has 2 rings (SSSR count). The lowest BCUT2D eigenvalue weighted by Crippen LogP contribution is -2.41. The zero-order valence-electron chi connectivity index (χ0n) is 11.4. The minimum atomic E-state index is 0.598. The van der Waals surface area contributed by atoms with E-state index >= 15 is 0 Å². The number of rotatable bonds is 3. The smallest absolute Gasteiger partial charge is 0.191 e. The van der Waals surface area contributed by atoms with Crippen molar-refractivity contribution >= 4 is 17.3 Å². The maximum absolute atomic E-state index is 4.44. The lowest BCUT2D eigenvalue weighted by Gasteiger charge is -2.16. The van der Waals surface area contributed by atoms with Crippen molar-refractivity contribution < 1.29 is 0 Å². The average Bonchev–Trinajstić information content (AvgIpc) is 2.94. The van der Waals surface area contributed by atoms with Gasteiger partial charge in [-0.05, 0) is 26.7 Å². The summed E-state index contributed by atoms with van der Waals surface area (Å²) in [5, 5.41) is 7.99. The van der Waals surface area contributed by atoms with Gasteiger partial charge in [0.15, 0.2) is 5.96 Å². The van der Waals surface area contributed by atoms with Crippen LogP contribution in [0.25, 0.3) is 0 Å². The second kappa shape index (κ2) is 6.18. The van der Waals surface area contributed by atoms with Gasteiger partial charge in [-0.25, -0.2) is 4.98 Å². The minimum absolute atomic E-state index is 0.598. The van der Waals surface area contributed by atoms with E-state index in [1.807, 2.05) is 14.0 Å². The van der Waals surface area contributed by atoms with Crippen molar-refractivity contribution in [1.29, 1.82) is 0 Å². The van der Waals surface area contributed by atoms with E-state index in [0.717, 1.165) is 23.2 Å². The first-order valence-electron chi connectivity index (χ1n) is 6.59. The van der Waals surface area contributed by atoms with Crippen LogP contribution in [0.2, 0.25) is 0 Å². The highest BCUT2D eigenvalue weighted by atomic mass is 32.1. The first kappa shape index (κ1) is 13.3. The molecule has 1 aromatic heterocycles. The fourth-order valence-corrected chi connectivity index (χ4v) is 3.24. The Balaban J connectivity index is 1.85. The Morgan fingerprint density at radius 2 is 2.11 bits per heavy atom. The van der Waals surface area contributed by atoms with Gasteiger partial charge in [0.05, 0.1) is 17.2 Å². The number of hydrogen-bond acceptors (Lipinski definition) is 3. The second-order valence-corrected chi connectivity index (χ2v) is 6.08. The van der Waals surface area contributed by atoms with E-state index in [2.05, 4.69) is 27.5 Å². The highest BCUT2D eigenvalue weighted by Crippen LogP contribution is 2.18. The lowest BCUT2D eigenvalue weighted by molar-refractivity contribution is 0.614. The maximum atomic E-state index is 4.44. The van der Waals surface area contributed by atoms with Crippen LogP contribution in [0, 0.1) is 13.8 Å². The molecule has 0 bridgehead atoms. The Labute approximate surface area is 113 Å². The Morgan fingerprint density at radius 3 is 2.67 bits per heavy atom. The van der Waals surface area contributed by atoms with Crippen LogP contribution in [-0.4, -0.2) is 24.0 Å². The van der Waals surface area contributed by atoms with Crippen molar-refractivity contribution in [2.75, 3.05) is 7.05 Å². The Kier molecular flexibility index (Phi) is 4.58. The van der Waals surface area contributed by atoms with Crippen LogP contribution in [0.4, 0.5) is 0 Å². The fourth-order valence-electron chi connectivity index (χ4n) is 2.36. The number of aliphatic imine (C=N–C) groups is 1. The lowest BCUT2D eigenvalue weighted by atomic mass is 10.2. The molecule has 1 aliphatic carbocycles. The minimum Gasteiger partial charge on any atom is -0.354 e. The van der Waals surface area contributed by atoms with Gasteiger partial charge in [-0.1, -0.05) is 12.8 Å². The summed E-state index contributed by atoms with van der Waals surface area (Å²) in [6.07, 6.45) is 5.20. The molecule has 0 amide bonds. The molecule has 1 aliphatic rings. The molecule has 1 saturated carbocycles. The van der Waals surface area contributed by atoms with Gasteiger partial charge in [0.2, 0.25) is 0 Å². The van der Waals surface area contributed by atoms with E-state index in [1.54, 1.807) is 11.3 Å². The topological polar surface area (TPSA) is 49.3 Å². The molecule has 5 heteroatoms. The first-order valence-corrected chi connectivity index (χ1v) is 7.41. The normalized spacial score (nSPS) is 17.2. The molecule has 1 aromatic rings. The summed E-state index contributed by atoms with van der Waals surface area (Å²) >= 11 is 1.75. The van der Waals surface area contributed by atoms with Gasteiger partial charge >= 0.3 is 0 Å². The quantitative estimate of drug-likeness (QED) is 0.652. The molecule has 100 valence electrons. The predicted molar refractivity (Wildman–Crippen MR) is 77.2 cm³/mol. The average molecular weight is 266 g/mol. The van der Waals surface area contributed by atoms with Crippen LogP contribution in [0.5, 0.6) is 0 Å². The van der Waals surface area contributed by atoms with Crippen molar-refractivity contribution in [2.24, 2.45) is 4.99 Å². The highest BCUT2D eigenvalue weighted by Gasteiger charge is 2.16. The zero-order valence-corrected chi connectivity index (χ0v) is 12.2. The fraction of sp³-hybridized carbons (Fsp3) is 0.692. The third-order valence-corrected chi connectivity index (χ3v) is 4.41. The number of hydrogen-bond donors (Lipinski definition) is 2. The van der Waals surface area contributed by atoms with Crippen molar-refractivity contribution in [3.8, 4) is 0 Å². The molecule has 1 heterocycles. The van der Waals surface area contributed by atoms with Gasteiger partial charge in [-0.15, -0.1) is 11.3 Å². The molecule has 1 fully saturated rings. The molecule has 0 spiro atoms. The number of nitrogens with zero attached hydrogens (tertiary/aromatic N) is 2. The van der Waals surface area contributed by atoms with E-state index in [4.69, 9.17) is 0 Å². The molecular formula is C13H22N4S. The van der Waals surface area contributed by atoms with Gasteiger partial charge in [0.25, 0.3) is 0 Å². The summed E-state index contributed by atoms with van der Waals surface area (Å²) in [5.41, 5.74) is 1.13. The van der Waals surface area contributed by atoms with Gasteiger partial charge in [-0.3, -0.25) is 4.99 Å². The van der Waals surface area contributed by atoms with Crippen LogP contribution < -0.4 is 10.6 Å². The number of thiazole rings is 1. The molecule has 2 N–H and O–H groups in total. The summed E-state index contributed by atoms with van der Waals surface area (Å²) < 4.78 is 0. The van der Waals surface area contributed by atoms with Crippen LogP contribution in [0.3, 0.4) is 0 Å². The molecule has 18 heavy (non-hydrogen) atoms. The standard InChI is InChI=1S/C13H22N4S/c1-9-12(18-10(2)16-9)8-15-13(14-3)17-11-6-4-5-7-11/h11H,4-8H2,1-3H3,(H2,14,15,17). The molecule has 0 radical (unpaired) electrons. The monoisotopic (exact) mass is 266 g/mol. The van der Waals surface area contributed by atoms with Crippen LogP contribution in [0.15, 0.2) is 4.99 Å². The summed E-state index contributed by atoms with van der Waals surface area (Å²) in [4.78, 5) is 10.0. The Morgan fingerprint density at radius 1 is 1.39 bits per heavy atom. The molecule has 0 unspecified atom stereocenters. The SMILES string of the molecule is CN=C(NCc1sc(C)nc1C)NC1CCCC1. The summed E-state index contributed by atoms with van der Waals surface area (Å²) in [5.74, 6) is 0.910. The Hall–Kier alpha value is -1.10. The second-order valence-electron chi connectivity index (χ2n) is 4.79. The number of nitrogens with one attached hydrogen (secondary N) is 2. The molecular weight excluding hydrogens is 244 g/mol. The molecule has 0 aromatic carbocycles. The number of guanidine groups is 1. The summed E-state index contributed by atoms with van der Waals surface area (Å²) in [6.45, 7) is 4.92. The third-order valence-electron chi connectivity index (χ3n) is 3.34. The van der Waals surface area contributed by atoms with Gasteiger partial charge in [0, 0.05) is 18.0 Å². The summed E-state index contributed by atoms with van der Waals surface area (Å²) in [6, 6.07) is 0.598. The predicted octanol–water partition coefficient (Wildman–Crippen LogP) is 2.37. The first-order chi connectivity index (χ1) is 8.69. The molecule has 0 saturated heterocycles. The van der Waals surface area contributed by atoms with Crippen LogP contribution in [0.1, 0.15) is 41.3 Å². The number of aryl methyl sites for hydroxylation is 2. The highest BCUT2D eigenvalue weighted by molar-refractivity contribution is 7.11. The van der Waals surface area contributed by atoms with E-state index in [-0.39, 0.29) is 0 Å². The summed E-state index contributed by atoms with van der Waals surface area (Å²) in [7, 11) is 1.83. The number of aromatic nitrogens is 1. The largest absolute Gasteiger partial charge is 0.354 e. The van der Waals surface area contributed by atoms with Crippen LogP contribution >= 0.6 is 11.3 Å². The molecule has 4 nitrogen and oxygen atoms in total. The third kappa shape index (κ3) is 3.45. The van der Waals surface area contributed by atoms with E-state index in [0.29, 0.717) is 6.04 Å². The van der Waals surface area contributed by atoms with Crippen LogP contribution in [-0.2, 0) is 6.54 Å². The zero-order chi connectivity index (χ0) is 13.0. The van der Waals surface area contributed by atoms with Crippen molar-refractivity contribution in [1.82, 2.24) is 15.6 Å². The van der Waals surface area contributed by atoms with E-state index < -0.39 is 0 Å². The molecule has 0 atom stereocenters. The van der Waals surface area contributed by atoms with Crippen molar-refractivity contribution in [3.05, 3.63) is 15.6 Å². The Bertz CT molecular complexity index is 419. The van der Waals surface area contributed by atoms with Crippen molar-refractivity contribution in [3.63, 3.8) is 0 Å². The van der Waals surface area contributed by atoms with Gasteiger partial charge in [-0.2, -0.15) is 0 Å². The van der Waals surface area contributed by atoms with E-state index in [1.165, 1.54) is 30.6 Å². The van der Waals surface area contributed by atoms with Gasteiger partial charge < -0.3 is 10.6 Å². The molecule has 0 aliphatic heterocycles. The maximum Gasteiger partial charge on any atom is 0.191 e. The van der Waals surface area contributed by atoms with Gasteiger partial charge in [0.1, 0.15) is 0 Å².